The number of H-pyrrole nitrogens is 3. The van der Waals surface area contributed by atoms with E-state index in [4.69, 9.17) is 0 Å². The molecule has 0 aliphatic carbocycles. The van der Waals surface area contributed by atoms with Gasteiger partial charge in [0.15, 0.2) is 0 Å². The fourth-order valence-corrected chi connectivity index (χ4v) is 3.05. The molecule has 0 saturated heterocycles. The molecule has 0 aromatic carbocycles. The van der Waals surface area contributed by atoms with E-state index in [2.05, 4.69) is 64.8 Å². The highest BCUT2D eigenvalue weighted by Crippen LogP contribution is 2.38. The molecule has 17 heavy (non-hydrogen) atoms. The molecule has 0 atom stereocenters. The van der Waals surface area contributed by atoms with E-state index in [1.165, 1.54) is 0 Å². The second kappa shape index (κ2) is 3.59. The maximum Gasteiger partial charge on any atom is 0.124 e. The van der Waals surface area contributed by atoms with Gasteiger partial charge < -0.3 is 38.5 Å². The first kappa shape index (κ1) is 9.85. The number of hydrogen-bond acceptors (Lipinski definition) is 7. The highest BCUT2D eigenvalue weighted by molar-refractivity contribution is 7.84. The van der Waals surface area contributed by atoms with E-state index < -0.39 is 7.14 Å². The van der Waals surface area contributed by atoms with Crippen molar-refractivity contribution >= 4 is 23.4 Å². The van der Waals surface area contributed by atoms with Crippen molar-refractivity contribution < 1.29 is 4.57 Å². The van der Waals surface area contributed by atoms with E-state index >= 15 is 0 Å². The van der Waals surface area contributed by atoms with Gasteiger partial charge in [0, 0.05) is 0 Å². The minimum Gasteiger partial charge on any atom is -0.351 e. The molecule has 0 spiro atoms. The Balaban J connectivity index is 2.26. The molecule has 10 nitrogen and oxygen atoms in total. The Kier molecular flexibility index (Phi) is 2.08. The Hall–Kier alpha value is -2.35. The van der Waals surface area contributed by atoms with Crippen molar-refractivity contribution in [1.29, 1.82) is 0 Å². The van der Waals surface area contributed by atoms with Gasteiger partial charge in [-0.1, -0.05) is 16.3 Å². The summed E-state index contributed by atoms with van der Waals surface area (Å²) in [5, 5.41) is 28.3. The van der Waals surface area contributed by atoms with Crippen molar-refractivity contribution in [2.45, 2.75) is 0 Å². The van der Waals surface area contributed by atoms with Crippen LogP contribution in [0.4, 0.5) is 0 Å². The number of rotatable bonds is 3. The summed E-state index contributed by atoms with van der Waals surface area (Å²) in [6.45, 7) is 0. The van der Waals surface area contributed by atoms with E-state index in [0.29, 0.717) is 0 Å². The summed E-state index contributed by atoms with van der Waals surface area (Å²) < 4.78 is 13.0. The van der Waals surface area contributed by atoms with Crippen LogP contribution >= 0.6 is 7.14 Å². The second-order valence-electron chi connectivity index (χ2n) is 2.93. The number of aromatic nitrogens is 9. The highest BCUT2D eigenvalue weighted by Gasteiger charge is 2.20. The maximum absolute atomic E-state index is 13.0. The number of nitrogens with zero attached hydrogens (tertiary/aromatic N) is 6. The van der Waals surface area contributed by atoms with Crippen LogP contribution in [0.2, 0.25) is 0 Å². The zero-order chi connectivity index (χ0) is 11.7. The third-order valence-electron chi connectivity index (χ3n) is 2.03. The van der Waals surface area contributed by atoms with Crippen LogP contribution in [0.15, 0.2) is 0 Å². The Labute approximate surface area is 93.6 Å². The van der Waals surface area contributed by atoms with Crippen LogP contribution in [-0.4, -0.2) is 46.2 Å². The number of nitrogens with one attached hydrogen (secondary N) is 3. The Morgan fingerprint density at radius 1 is 0.765 bits per heavy atom. The smallest absolute Gasteiger partial charge is 0.124 e. The fraction of sp³-hybridized carbons (Fsp3) is 0. The zero-order valence-electron chi connectivity index (χ0n) is 8.04. The quantitative estimate of drug-likeness (QED) is 0.333. The van der Waals surface area contributed by atoms with Gasteiger partial charge in [-0.3, -0.25) is 15.3 Å². The van der Waals surface area contributed by atoms with E-state index in [1.807, 2.05) is 0 Å². The molecule has 3 N–H and O–H groups in total. The summed E-state index contributed by atoms with van der Waals surface area (Å²) in [6, 6.07) is 0. The van der Waals surface area contributed by atoms with Crippen molar-refractivity contribution in [2.75, 3.05) is 0 Å². The minimum absolute atomic E-state index is 0.155. The molecule has 0 amide bonds. The van der Waals surface area contributed by atoms with Gasteiger partial charge in [-0.15, -0.1) is 15.6 Å². The SMILES string of the molecule is O=P(c1[c-]nn[nH]1)(c1[c-]nn[nH]1)c1[c-]nn[nH]1. The molecule has 0 aliphatic heterocycles. The Morgan fingerprint density at radius 2 is 1.12 bits per heavy atom. The number of aromatic amines is 3. The third kappa shape index (κ3) is 1.38. The normalized spacial score (nSPS) is 11.8. The first-order chi connectivity index (χ1) is 8.32. The lowest BCUT2D eigenvalue weighted by Crippen LogP contribution is -2.28. The first-order valence-corrected chi connectivity index (χ1v) is 6.00. The monoisotopic (exact) mass is 248 g/mol. The maximum atomic E-state index is 13.0. The molecule has 0 unspecified atom stereocenters. The van der Waals surface area contributed by atoms with Gasteiger partial charge >= 0.3 is 0 Å². The molecule has 86 valence electrons. The van der Waals surface area contributed by atoms with E-state index in [-0.39, 0.29) is 16.3 Å². The van der Waals surface area contributed by atoms with E-state index in [1.54, 1.807) is 0 Å². The predicted molar refractivity (Wildman–Crippen MR) is 52.2 cm³/mol. The zero-order valence-corrected chi connectivity index (χ0v) is 8.93. The largest absolute Gasteiger partial charge is 0.351 e. The summed E-state index contributed by atoms with van der Waals surface area (Å²) in [6.07, 6.45) is 7.45. The molecule has 0 radical (unpaired) electrons. The van der Waals surface area contributed by atoms with Crippen LogP contribution in [0.5, 0.6) is 0 Å². The van der Waals surface area contributed by atoms with Crippen LogP contribution in [0.25, 0.3) is 0 Å². The van der Waals surface area contributed by atoms with Crippen LogP contribution in [0.1, 0.15) is 0 Å². The molecular weight excluding hydrogens is 245 g/mol. The molecule has 11 heteroatoms. The molecule has 3 heterocycles. The molecule has 3 aromatic rings. The minimum atomic E-state index is -3.34. The Morgan fingerprint density at radius 3 is 1.35 bits per heavy atom. The molecule has 0 saturated carbocycles. The van der Waals surface area contributed by atoms with Gasteiger partial charge in [0.05, 0.1) is 0 Å². The van der Waals surface area contributed by atoms with E-state index in [0.717, 1.165) is 0 Å². The second-order valence-corrected chi connectivity index (χ2v) is 5.49. The summed E-state index contributed by atoms with van der Waals surface area (Å²) in [5.74, 6) is 0. The van der Waals surface area contributed by atoms with Crippen molar-refractivity contribution in [1.82, 2.24) is 46.2 Å². The summed E-state index contributed by atoms with van der Waals surface area (Å²) in [5.41, 5.74) is 0.464. The topological polar surface area (TPSA) is 142 Å². The first-order valence-electron chi connectivity index (χ1n) is 4.30. The van der Waals surface area contributed by atoms with Crippen molar-refractivity contribution in [3.05, 3.63) is 18.6 Å². The van der Waals surface area contributed by atoms with Crippen molar-refractivity contribution in [2.24, 2.45) is 0 Å². The molecule has 0 bridgehead atoms. The van der Waals surface area contributed by atoms with Crippen molar-refractivity contribution in [3.8, 4) is 0 Å². The van der Waals surface area contributed by atoms with Crippen LogP contribution in [0.3, 0.4) is 0 Å². The van der Waals surface area contributed by atoms with Crippen LogP contribution < -0.4 is 16.3 Å². The van der Waals surface area contributed by atoms with Crippen LogP contribution in [0, 0.1) is 18.6 Å². The fourth-order valence-electron chi connectivity index (χ4n) is 1.27. The lowest BCUT2D eigenvalue weighted by molar-refractivity contribution is 0.590. The van der Waals surface area contributed by atoms with E-state index in [9.17, 15) is 4.57 Å². The molecule has 3 aromatic heterocycles. The molecule has 0 fully saturated rings. The van der Waals surface area contributed by atoms with Crippen molar-refractivity contribution in [3.63, 3.8) is 0 Å². The average molecular weight is 248 g/mol. The summed E-state index contributed by atoms with van der Waals surface area (Å²) in [4.78, 5) is 0. The summed E-state index contributed by atoms with van der Waals surface area (Å²) >= 11 is 0. The lowest BCUT2D eigenvalue weighted by atomic mass is 10.9. The average Bonchev–Trinajstić information content (AvgIpc) is 3.10. The standard InChI is InChI=1S/C6H3N9OP/c16-17(4-1-7-13-10-4,5-2-8-14-11-5)6-3-9-15-12-6/h(H,7,10,13)(H,8,11,14)(H,9,12,15)/q-3. The Bertz CT molecular complexity index is 536. The summed E-state index contributed by atoms with van der Waals surface area (Å²) in [7, 11) is -3.34. The van der Waals surface area contributed by atoms with Crippen LogP contribution in [-0.2, 0) is 4.57 Å². The number of hydrogen-bond donors (Lipinski definition) is 3. The molecule has 0 aliphatic rings. The predicted octanol–water partition coefficient (Wildman–Crippen LogP) is -2.92. The highest BCUT2D eigenvalue weighted by atomic mass is 31.2. The van der Waals surface area contributed by atoms with Gasteiger partial charge in [0.2, 0.25) is 0 Å². The van der Waals surface area contributed by atoms with Gasteiger partial charge in [-0.05, 0) is 0 Å². The van der Waals surface area contributed by atoms with Gasteiger partial charge in [-0.2, -0.15) is 0 Å². The third-order valence-corrected chi connectivity index (χ3v) is 4.52. The molecule has 3 rings (SSSR count). The van der Waals surface area contributed by atoms with Gasteiger partial charge in [-0.25, -0.2) is 0 Å². The molecular formula is C6H3N9OP-3. The lowest BCUT2D eigenvalue weighted by Gasteiger charge is -2.25. The van der Waals surface area contributed by atoms with Gasteiger partial charge in [0.25, 0.3) is 0 Å². The van der Waals surface area contributed by atoms with Gasteiger partial charge in [0.1, 0.15) is 7.14 Å².